The van der Waals surface area contributed by atoms with E-state index >= 15 is 0 Å². The molecular weight excluding hydrogens is 385 g/mol. The van der Waals surface area contributed by atoms with Gasteiger partial charge in [0, 0.05) is 18.7 Å². The summed E-state index contributed by atoms with van der Waals surface area (Å²) in [5, 5.41) is 7.12. The van der Waals surface area contributed by atoms with Crippen LogP contribution in [0.5, 0.6) is 0 Å². The molecule has 2 saturated heterocycles. The Bertz CT molecular complexity index is 819. The van der Waals surface area contributed by atoms with Crippen LogP contribution in [0.15, 0.2) is 28.8 Å². The van der Waals surface area contributed by atoms with Crippen LogP contribution in [0.25, 0.3) is 11.4 Å². The van der Waals surface area contributed by atoms with Crippen molar-refractivity contribution in [2.24, 2.45) is 5.92 Å². The maximum Gasteiger partial charge on any atom is 0.241 e. The minimum Gasteiger partial charge on any atom is -0.356 e. The molecule has 1 aromatic carbocycles. The molecule has 30 heavy (non-hydrogen) atoms. The summed E-state index contributed by atoms with van der Waals surface area (Å²) in [5.74, 6) is 0.829. The van der Waals surface area contributed by atoms with Gasteiger partial charge in [0.1, 0.15) is 5.82 Å². The van der Waals surface area contributed by atoms with E-state index in [-0.39, 0.29) is 17.6 Å². The highest BCUT2D eigenvalue weighted by Crippen LogP contribution is 2.20. The van der Waals surface area contributed by atoms with Crippen LogP contribution >= 0.6 is 0 Å². The van der Waals surface area contributed by atoms with Crippen molar-refractivity contribution in [2.45, 2.75) is 38.6 Å². The van der Waals surface area contributed by atoms with Crippen molar-refractivity contribution in [2.75, 3.05) is 39.3 Å². The van der Waals surface area contributed by atoms with Gasteiger partial charge in [-0.15, -0.1) is 0 Å². The average Bonchev–Trinajstić information content (AvgIpc) is 3.44. The summed E-state index contributed by atoms with van der Waals surface area (Å²) in [5.41, 5.74) is 0.719. The fourth-order valence-electron chi connectivity index (χ4n) is 4.30. The lowest BCUT2D eigenvalue weighted by atomic mass is 9.97. The molecule has 7 nitrogen and oxygen atoms in total. The van der Waals surface area contributed by atoms with Gasteiger partial charge in [-0.05, 0) is 82.5 Å². The molecule has 1 amide bonds. The van der Waals surface area contributed by atoms with Gasteiger partial charge >= 0.3 is 0 Å². The Kier molecular flexibility index (Phi) is 7.07. The zero-order valence-corrected chi connectivity index (χ0v) is 17.4. The van der Waals surface area contributed by atoms with Gasteiger partial charge in [-0.3, -0.25) is 9.69 Å². The highest BCUT2D eigenvalue weighted by Gasteiger charge is 2.26. The van der Waals surface area contributed by atoms with Crippen molar-refractivity contribution in [3.8, 4) is 11.4 Å². The number of aromatic nitrogens is 2. The molecule has 0 saturated carbocycles. The van der Waals surface area contributed by atoms with Gasteiger partial charge in [0.25, 0.3) is 0 Å². The molecule has 2 aromatic rings. The second-order valence-corrected chi connectivity index (χ2v) is 8.29. The Hall–Kier alpha value is -2.32. The molecule has 1 unspecified atom stereocenters. The third kappa shape index (κ3) is 5.64. The number of carbonyl (C=O) groups is 1. The van der Waals surface area contributed by atoms with Crippen molar-refractivity contribution in [1.82, 2.24) is 25.3 Å². The van der Waals surface area contributed by atoms with Gasteiger partial charge < -0.3 is 14.7 Å². The minimum absolute atomic E-state index is 0.00465. The molecule has 162 valence electrons. The molecular formula is C22H30FN5O2. The molecule has 2 fully saturated rings. The third-order valence-electron chi connectivity index (χ3n) is 5.95. The van der Waals surface area contributed by atoms with E-state index in [2.05, 4.69) is 25.3 Å². The van der Waals surface area contributed by atoms with Crippen molar-refractivity contribution >= 4 is 5.91 Å². The number of nitrogens with one attached hydrogen (secondary N) is 1. The van der Waals surface area contributed by atoms with E-state index in [1.165, 1.54) is 38.1 Å². The van der Waals surface area contributed by atoms with Crippen molar-refractivity contribution in [1.29, 1.82) is 0 Å². The number of nitrogens with zero attached hydrogens (tertiary/aromatic N) is 4. The predicted octanol–water partition coefficient (Wildman–Crippen LogP) is 2.69. The van der Waals surface area contributed by atoms with Crippen molar-refractivity contribution < 1.29 is 13.7 Å². The van der Waals surface area contributed by atoms with Gasteiger partial charge in [-0.2, -0.15) is 4.98 Å². The molecule has 1 atom stereocenters. The normalized spacial score (nSPS) is 20.5. The summed E-state index contributed by atoms with van der Waals surface area (Å²) < 4.78 is 18.5. The second kappa shape index (κ2) is 10.1. The molecule has 2 aliphatic heterocycles. The predicted molar refractivity (Wildman–Crippen MR) is 111 cm³/mol. The lowest BCUT2D eigenvalue weighted by Crippen LogP contribution is -2.43. The number of halogens is 1. The van der Waals surface area contributed by atoms with Gasteiger partial charge in [-0.25, -0.2) is 4.39 Å². The quantitative estimate of drug-likeness (QED) is 0.669. The molecule has 0 radical (unpaired) electrons. The van der Waals surface area contributed by atoms with Crippen LogP contribution < -0.4 is 5.32 Å². The average molecular weight is 416 g/mol. The topological polar surface area (TPSA) is 74.5 Å². The Morgan fingerprint density at radius 2 is 1.90 bits per heavy atom. The highest BCUT2D eigenvalue weighted by atomic mass is 19.1. The fourth-order valence-corrected chi connectivity index (χ4v) is 4.30. The molecule has 8 heteroatoms. The SMILES string of the molecule is O=C(NCCCN1CCCC1)C1CCCN(Cc2nc(-c3ccc(F)cc3)no2)C1. The first-order chi connectivity index (χ1) is 14.7. The van der Waals surface area contributed by atoms with Gasteiger partial charge in [0.05, 0.1) is 12.5 Å². The Morgan fingerprint density at radius 1 is 1.13 bits per heavy atom. The van der Waals surface area contributed by atoms with Crippen LogP contribution in [0.3, 0.4) is 0 Å². The van der Waals surface area contributed by atoms with Gasteiger partial charge in [0.15, 0.2) is 0 Å². The molecule has 1 N–H and O–H groups in total. The monoisotopic (exact) mass is 415 g/mol. The maximum absolute atomic E-state index is 13.1. The molecule has 0 spiro atoms. The van der Waals surface area contributed by atoms with E-state index in [0.29, 0.717) is 24.8 Å². The first-order valence-electron chi connectivity index (χ1n) is 11.0. The second-order valence-electron chi connectivity index (χ2n) is 8.29. The number of hydrogen-bond acceptors (Lipinski definition) is 6. The largest absolute Gasteiger partial charge is 0.356 e. The van der Waals surface area contributed by atoms with E-state index in [1.54, 1.807) is 12.1 Å². The van der Waals surface area contributed by atoms with Crippen LogP contribution in [-0.2, 0) is 11.3 Å². The molecule has 2 aliphatic rings. The molecule has 0 bridgehead atoms. The number of hydrogen-bond donors (Lipinski definition) is 1. The summed E-state index contributed by atoms with van der Waals surface area (Å²) in [6.45, 7) is 6.35. The zero-order chi connectivity index (χ0) is 20.8. The van der Waals surface area contributed by atoms with Crippen molar-refractivity contribution in [3.05, 3.63) is 36.0 Å². The zero-order valence-electron chi connectivity index (χ0n) is 17.4. The number of likely N-dealkylation sites (tertiary alicyclic amines) is 2. The first-order valence-corrected chi connectivity index (χ1v) is 11.0. The van der Waals surface area contributed by atoms with Crippen LogP contribution in [-0.4, -0.2) is 65.1 Å². The van der Waals surface area contributed by atoms with E-state index in [0.717, 1.165) is 44.5 Å². The Labute approximate surface area is 176 Å². The number of rotatable bonds is 8. The first kappa shape index (κ1) is 20.9. The summed E-state index contributed by atoms with van der Waals surface area (Å²) >= 11 is 0. The molecule has 1 aromatic heterocycles. The summed E-state index contributed by atoms with van der Waals surface area (Å²) in [4.78, 5) is 21.7. The molecule has 0 aliphatic carbocycles. The lowest BCUT2D eigenvalue weighted by Gasteiger charge is -2.30. The minimum atomic E-state index is -0.295. The summed E-state index contributed by atoms with van der Waals surface area (Å²) in [6, 6.07) is 6.03. The van der Waals surface area contributed by atoms with E-state index in [1.807, 2.05) is 0 Å². The standard InChI is InChI=1S/C22H30FN5O2/c23-19-8-6-17(7-9-19)21-25-20(30-26-21)16-28-13-3-5-18(15-28)22(29)24-10-4-14-27-11-1-2-12-27/h6-9,18H,1-5,10-16H2,(H,24,29). The Morgan fingerprint density at radius 3 is 2.70 bits per heavy atom. The molecule has 3 heterocycles. The van der Waals surface area contributed by atoms with Crippen LogP contribution in [0.4, 0.5) is 4.39 Å². The summed E-state index contributed by atoms with van der Waals surface area (Å²) in [6.07, 6.45) is 5.51. The number of amides is 1. The lowest BCUT2D eigenvalue weighted by molar-refractivity contribution is -0.126. The fraction of sp³-hybridized carbons (Fsp3) is 0.591. The van der Waals surface area contributed by atoms with E-state index in [4.69, 9.17) is 4.52 Å². The summed E-state index contributed by atoms with van der Waals surface area (Å²) in [7, 11) is 0. The number of benzene rings is 1. The van der Waals surface area contributed by atoms with Crippen molar-refractivity contribution in [3.63, 3.8) is 0 Å². The highest BCUT2D eigenvalue weighted by molar-refractivity contribution is 5.78. The van der Waals surface area contributed by atoms with Crippen LogP contribution in [0.2, 0.25) is 0 Å². The number of piperidine rings is 1. The maximum atomic E-state index is 13.1. The molecule has 4 rings (SSSR count). The van der Waals surface area contributed by atoms with Crippen LogP contribution in [0.1, 0.15) is 38.0 Å². The Balaban J connectivity index is 1.22. The van der Waals surface area contributed by atoms with E-state index < -0.39 is 0 Å². The van der Waals surface area contributed by atoms with Gasteiger partial charge in [0.2, 0.25) is 17.6 Å². The smallest absolute Gasteiger partial charge is 0.241 e. The number of carbonyl (C=O) groups excluding carboxylic acids is 1. The van der Waals surface area contributed by atoms with Crippen LogP contribution in [0, 0.1) is 11.7 Å². The van der Waals surface area contributed by atoms with Gasteiger partial charge in [-0.1, -0.05) is 5.16 Å². The van der Waals surface area contributed by atoms with E-state index in [9.17, 15) is 9.18 Å². The third-order valence-corrected chi connectivity index (χ3v) is 5.95.